The third kappa shape index (κ3) is 9.05. The first kappa shape index (κ1) is 31.5. The van der Waals surface area contributed by atoms with E-state index in [-0.39, 0.29) is 11.0 Å². The van der Waals surface area contributed by atoms with Crippen LogP contribution in [0.25, 0.3) is 0 Å². The van der Waals surface area contributed by atoms with Gasteiger partial charge in [-0.05, 0) is 19.1 Å². The highest BCUT2D eigenvalue weighted by molar-refractivity contribution is 8.00. The summed E-state index contributed by atoms with van der Waals surface area (Å²) in [5.74, 6) is -0.0419. The molecule has 1 fully saturated rings. The van der Waals surface area contributed by atoms with Crippen LogP contribution in [0.3, 0.4) is 0 Å². The van der Waals surface area contributed by atoms with E-state index in [1.165, 1.54) is 0 Å². The number of aromatic nitrogens is 2. The maximum atomic E-state index is 13.1. The molecular formula is C22H31F3N4O3S2. The first-order valence-corrected chi connectivity index (χ1v) is 12.1. The molecule has 0 aliphatic carbocycles. The van der Waals surface area contributed by atoms with Crippen LogP contribution in [0.4, 0.5) is 18.3 Å². The van der Waals surface area contributed by atoms with Gasteiger partial charge in [-0.15, -0.1) is 22.0 Å². The number of hydrogen-bond acceptors (Lipinski definition) is 8. The van der Waals surface area contributed by atoms with Crippen LogP contribution in [0.5, 0.6) is 0 Å². The fourth-order valence-corrected chi connectivity index (χ4v) is 4.59. The lowest BCUT2D eigenvalue weighted by molar-refractivity contribution is -0.138. The number of piperazine rings is 1. The summed E-state index contributed by atoms with van der Waals surface area (Å²) < 4.78 is 38.2. The highest BCUT2D eigenvalue weighted by atomic mass is 32.2. The molecule has 1 aromatic carbocycles. The van der Waals surface area contributed by atoms with Crippen molar-refractivity contribution in [2.75, 3.05) is 31.1 Å². The molecule has 1 aliphatic heterocycles. The molecule has 1 aliphatic rings. The summed E-state index contributed by atoms with van der Waals surface area (Å²) in [6.45, 7) is 15.8. The van der Waals surface area contributed by atoms with Gasteiger partial charge in [0.2, 0.25) is 10.1 Å². The number of carbonyl (C=O) groups excluding carboxylic acids is 3. The van der Waals surface area contributed by atoms with Crippen molar-refractivity contribution in [3.05, 3.63) is 34.3 Å². The number of amides is 1. The number of benzene rings is 1. The van der Waals surface area contributed by atoms with Gasteiger partial charge >= 0.3 is 6.18 Å². The molecule has 0 bridgehead atoms. The van der Waals surface area contributed by atoms with Gasteiger partial charge in [0.1, 0.15) is 13.6 Å². The van der Waals surface area contributed by atoms with E-state index in [2.05, 4.69) is 24.0 Å². The summed E-state index contributed by atoms with van der Waals surface area (Å²) in [4.78, 5) is 33.5. The predicted molar refractivity (Wildman–Crippen MR) is 131 cm³/mol. The SMILES string of the molecule is C=O.C=O.CC.Cc1ccc(SC(C)C)c(C(=O)N2CCN(c3nnc(C(F)(F)F)s3)CC2)c1. The Hall–Kier alpha value is -2.47. The largest absolute Gasteiger partial charge is 0.445 e. The molecule has 2 heterocycles. The normalized spacial score (nSPS) is 13.1. The lowest BCUT2D eigenvalue weighted by Gasteiger charge is -2.34. The monoisotopic (exact) mass is 520 g/mol. The third-order valence-corrected chi connectivity index (χ3v) is 6.33. The Labute approximate surface area is 206 Å². The molecule has 2 aromatic rings. The first-order chi connectivity index (χ1) is 16.1. The Kier molecular flexibility index (Phi) is 14.3. The number of alkyl halides is 3. The Morgan fingerprint density at radius 1 is 1.06 bits per heavy atom. The zero-order valence-electron chi connectivity index (χ0n) is 20.0. The zero-order chi connectivity index (χ0) is 26.5. The second-order valence-electron chi connectivity index (χ2n) is 6.83. The fourth-order valence-electron chi connectivity index (χ4n) is 2.90. The van der Waals surface area contributed by atoms with E-state index in [1.54, 1.807) is 21.6 Å². The molecule has 0 unspecified atom stereocenters. The van der Waals surface area contributed by atoms with Gasteiger partial charge in [-0.25, -0.2) is 0 Å². The molecule has 1 amide bonds. The van der Waals surface area contributed by atoms with Crippen molar-refractivity contribution in [2.45, 2.75) is 50.9 Å². The number of rotatable bonds is 4. The molecule has 34 heavy (non-hydrogen) atoms. The van der Waals surface area contributed by atoms with Crippen LogP contribution >= 0.6 is 23.1 Å². The van der Waals surface area contributed by atoms with Crippen LogP contribution in [0.15, 0.2) is 23.1 Å². The van der Waals surface area contributed by atoms with Gasteiger partial charge in [-0.1, -0.05) is 50.7 Å². The molecule has 0 radical (unpaired) electrons. The number of anilines is 1. The van der Waals surface area contributed by atoms with Gasteiger partial charge in [0.25, 0.3) is 5.91 Å². The van der Waals surface area contributed by atoms with Crippen LogP contribution in [-0.2, 0) is 15.8 Å². The second kappa shape index (κ2) is 15.4. The molecule has 1 saturated heterocycles. The average molecular weight is 521 g/mol. The highest BCUT2D eigenvalue weighted by Crippen LogP contribution is 2.35. The Morgan fingerprint density at radius 2 is 1.62 bits per heavy atom. The van der Waals surface area contributed by atoms with Crippen LogP contribution in [-0.4, -0.2) is 66.0 Å². The topological polar surface area (TPSA) is 83.5 Å². The van der Waals surface area contributed by atoms with Crippen LogP contribution in [0.2, 0.25) is 0 Å². The average Bonchev–Trinajstić information content (AvgIpc) is 3.35. The lowest BCUT2D eigenvalue weighted by Crippen LogP contribution is -2.49. The van der Waals surface area contributed by atoms with Gasteiger partial charge in [0.15, 0.2) is 0 Å². The van der Waals surface area contributed by atoms with Crippen molar-refractivity contribution in [2.24, 2.45) is 0 Å². The van der Waals surface area contributed by atoms with Crippen LogP contribution in [0, 0.1) is 6.92 Å². The van der Waals surface area contributed by atoms with E-state index in [4.69, 9.17) is 9.59 Å². The number of nitrogens with zero attached hydrogens (tertiary/aromatic N) is 4. The van der Waals surface area contributed by atoms with E-state index < -0.39 is 11.2 Å². The van der Waals surface area contributed by atoms with Gasteiger partial charge in [0.05, 0.1) is 5.56 Å². The van der Waals surface area contributed by atoms with E-state index >= 15 is 0 Å². The van der Waals surface area contributed by atoms with Gasteiger partial charge < -0.3 is 19.4 Å². The molecule has 3 rings (SSSR count). The predicted octanol–water partition coefficient (Wildman–Crippen LogP) is 4.98. The number of hydrogen-bond donors (Lipinski definition) is 0. The van der Waals surface area contributed by atoms with E-state index in [0.717, 1.165) is 10.5 Å². The maximum Gasteiger partial charge on any atom is 0.445 e. The summed E-state index contributed by atoms with van der Waals surface area (Å²) in [5.41, 5.74) is 1.70. The number of aryl methyl sites for hydroxylation is 1. The van der Waals surface area contributed by atoms with Crippen molar-refractivity contribution >= 4 is 47.7 Å². The molecule has 1 aromatic heterocycles. The summed E-state index contributed by atoms with van der Waals surface area (Å²) in [6.07, 6.45) is -4.48. The Balaban J connectivity index is 0.00000168. The minimum Gasteiger partial charge on any atom is -0.343 e. The van der Waals surface area contributed by atoms with Crippen molar-refractivity contribution in [1.29, 1.82) is 0 Å². The quantitative estimate of drug-likeness (QED) is 0.526. The van der Waals surface area contributed by atoms with E-state index in [0.29, 0.717) is 48.3 Å². The van der Waals surface area contributed by atoms with Crippen molar-refractivity contribution in [3.8, 4) is 0 Å². The van der Waals surface area contributed by atoms with E-state index in [9.17, 15) is 18.0 Å². The maximum absolute atomic E-state index is 13.1. The minimum absolute atomic E-state index is 0.0419. The third-order valence-electron chi connectivity index (χ3n) is 4.22. The van der Waals surface area contributed by atoms with Gasteiger partial charge in [-0.2, -0.15) is 13.2 Å². The molecule has 190 valence electrons. The first-order valence-electron chi connectivity index (χ1n) is 10.4. The lowest BCUT2D eigenvalue weighted by atomic mass is 10.1. The van der Waals surface area contributed by atoms with Crippen LogP contribution in [0.1, 0.15) is 48.6 Å². The Morgan fingerprint density at radius 3 is 2.09 bits per heavy atom. The molecule has 0 N–H and O–H groups in total. The highest BCUT2D eigenvalue weighted by Gasteiger charge is 2.36. The molecular weight excluding hydrogens is 489 g/mol. The smallest absolute Gasteiger partial charge is 0.343 e. The molecule has 0 atom stereocenters. The number of halogens is 3. The summed E-state index contributed by atoms with van der Waals surface area (Å²) in [7, 11) is 0. The molecule has 12 heteroatoms. The summed E-state index contributed by atoms with van der Waals surface area (Å²) in [5, 5.41) is 6.54. The molecule has 0 saturated carbocycles. The molecule has 0 spiro atoms. The minimum atomic E-state index is -4.48. The van der Waals surface area contributed by atoms with E-state index in [1.807, 2.05) is 52.5 Å². The van der Waals surface area contributed by atoms with Crippen molar-refractivity contribution in [3.63, 3.8) is 0 Å². The van der Waals surface area contributed by atoms with Gasteiger partial charge in [0, 0.05) is 36.3 Å². The van der Waals surface area contributed by atoms with Crippen LogP contribution < -0.4 is 4.90 Å². The number of carbonyl (C=O) groups is 3. The zero-order valence-corrected chi connectivity index (χ0v) is 21.6. The second-order valence-corrected chi connectivity index (χ2v) is 9.41. The fraction of sp³-hybridized carbons (Fsp3) is 0.500. The number of thioether (sulfide) groups is 1. The summed E-state index contributed by atoms with van der Waals surface area (Å²) >= 11 is 2.18. The molecule has 7 nitrogen and oxygen atoms in total. The standard InChI is InChI=1S/C18H21F3N4OS2.C2H6.2CH2O/c1-11(2)27-14-5-4-12(3)10-13(14)15(26)24-6-8-25(9-7-24)17-23-22-16(28-17)18(19,20)21;3*1-2/h4-5,10-11H,6-9H2,1-3H3;1-2H3;2*1H2. The Bertz CT molecular complexity index is 885. The van der Waals surface area contributed by atoms with Crippen molar-refractivity contribution in [1.82, 2.24) is 15.1 Å². The summed E-state index contributed by atoms with van der Waals surface area (Å²) in [6, 6.07) is 5.87. The van der Waals surface area contributed by atoms with Crippen molar-refractivity contribution < 1.29 is 27.6 Å². The van der Waals surface area contributed by atoms with Gasteiger partial charge in [-0.3, -0.25) is 4.79 Å².